The molecule has 126 valence electrons. The predicted molar refractivity (Wildman–Crippen MR) is 93.2 cm³/mol. The van der Waals surface area contributed by atoms with Crippen molar-refractivity contribution < 1.29 is 0 Å². The molecule has 0 amide bonds. The van der Waals surface area contributed by atoms with Gasteiger partial charge in [-0.15, -0.1) is 0 Å². The van der Waals surface area contributed by atoms with Gasteiger partial charge < -0.3 is 17.2 Å². The van der Waals surface area contributed by atoms with E-state index in [1.165, 1.54) is 57.8 Å². The zero-order chi connectivity index (χ0) is 15.5. The van der Waals surface area contributed by atoms with E-state index >= 15 is 0 Å². The van der Waals surface area contributed by atoms with Gasteiger partial charge in [-0.25, -0.2) is 0 Å². The Hall–Kier alpha value is -0.380. The summed E-state index contributed by atoms with van der Waals surface area (Å²) in [6.45, 7) is 0. The summed E-state index contributed by atoms with van der Waals surface area (Å²) in [5.74, 6) is 3.35. The lowest BCUT2D eigenvalue weighted by Gasteiger charge is -2.44. The van der Waals surface area contributed by atoms with Crippen LogP contribution >= 0.6 is 0 Å². The lowest BCUT2D eigenvalue weighted by Crippen LogP contribution is -2.39. The highest BCUT2D eigenvalue weighted by Gasteiger charge is 2.38. The maximum absolute atomic E-state index is 6.14. The number of hydrogen-bond acceptors (Lipinski definition) is 3. The second-order valence-electron chi connectivity index (χ2n) is 8.22. The normalized spacial score (nSPS) is 44.7. The summed E-state index contributed by atoms with van der Waals surface area (Å²) in [5, 5.41) is 0. The molecule has 0 spiro atoms. The van der Waals surface area contributed by atoms with Gasteiger partial charge in [0.15, 0.2) is 0 Å². The lowest BCUT2D eigenvalue weighted by molar-refractivity contribution is 0.0909. The molecule has 2 unspecified atom stereocenters. The summed E-state index contributed by atoms with van der Waals surface area (Å²) in [7, 11) is 0. The minimum Gasteiger partial charge on any atom is -0.328 e. The van der Waals surface area contributed by atoms with Crippen molar-refractivity contribution in [3.63, 3.8) is 0 Å². The van der Waals surface area contributed by atoms with E-state index < -0.39 is 0 Å². The highest BCUT2D eigenvalue weighted by atomic mass is 14.7. The maximum Gasteiger partial charge on any atom is 0.0223 e. The highest BCUT2D eigenvalue weighted by Crippen LogP contribution is 2.45. The zero-order valence-electron chi connectivity index (χ0n) is 14.0. The van der Waals surface area contributed by atoms with Crippen LogP contribution < -0.4 is 17.2 Å². The maximum atomic E-state index is 6.14. The molecular weight excluding hydrogens is 270 g/mol. The Morgan fingerprint density at radius 3 is 1.50 bits per heavy atom. The molecule has 0 aliphatic heterocycles. The second kappa shape index (κ2) is 7.46. The molecule has 22 heavy (non-hydrogen) atoms. The minimum absolute atomic E-state index is 0.288. The topological polar surface area (TPSA) is 78.1 Å². The van der Waals surface area contributed by atoms with Gasteiger partial charge in [-0.05, 0) is 87.9 Å². The van der Waals surface area contributed by atoms with Crippen molar-refractivity contribution in [3.8, 4) is 0 Å². The fourth-order valence-electron chi connectivity index (χ4n) is 5.33. The molecule has 3 rings (SSSR count). The van der Waals surface area contributed by atoms with Crippen LogP contribution in [0.3, 0.4) is 0 Å². The first-order valence-electron chi connectivity index (χ1n) is 9.58. The molecule has 6 N–H and O–H groups in total. The van der Waals surface area contributed by atoms with Crippen LogP contribution in [-0.2, 0) is 0 Å². The molecule has 0 aromatic heterocycles. The molecular formula is C19H35N3. The summed E-state index contributed by atoms with van der Waals surface area (Å²) in [6, 6.07) is 1.19. The Labute approximate surface area is 136 Å². The van der Waals surface area contributed by atoms with Crippen molar-refractivity contribution in [2.75, 3.05) is 0 Å². The minimum atomic E-state index is 0.288. The van der Waals surface area contributed by atoms with Crippen molar-refractivity contribution in [1.82, 2.24) is 0 Å². The van der Waals surface area contributed by atoms with Crippen molar-refractivity contribution in [2.45, 2.75) is 82.3 Å². The van der Waals surface area contributed by atoms with Crippen molar-refractivity contribution in [1.29, 1.82) is 0 Å². The number of hydrogen-bond donors (Lipinski definition) is 3. The van der Waals surface area contributed by atoms with Gasteiger partial charge in [0.25, 0.3) is 0 Å². The van der Waals surface area contributed by atoms with Crippen LogP contribution in [0.1, 0.15) is 64.2 Å². The van der Waals surface area contributed by atoms with Gasteiger partial charge in [-0.2, -0.15) is 0 Å². The predicted octanol–water partition coefficient (Wildman–Crippen LogP) is 2.93. The largest absolute Gasteiger partial charge is 0.328 e. The van der Waals surface area contributed by atoms with Crippen LogP contribution in [0.5, 0.6) is 0 Å². The first kappa shape index (κ1) is 16.5. The summed E-state index contributed by atoms with van der Waals surface area (Å²) in [4.78, 5) is 0. The second-order valence-corrected chi connectivity index (χ2v) is 8.22. The lowest BCUT2D eigenvalue weighted by atomic mass is 9.62. The molecule has 3 aliphatic carbocycles. The van der Waals surface area contributed by atoms with Crippen LogP contribution in [-0.4, -0.2) is 18.1 Å². The Morgan fingerprint density at radius 1 is 0.591 bits per heavy atom. The van der Waals surface area contributed by atoms with E-state index in [0.717, 1.165) is 30.1 Å². The molecule has 3 heteroatoms. The van der Waals surface area contributed by atoms with Crippen LogP contribution in [0, 0.1) is 23.7 Å². The molecule has 0 aromatic rings. The SMILES string of the molecule is NC1C=CC(C(C2CCC(N)CC2)C2CCC(N)CC2)CC1. The fraction of sp³-hybridized carbons (Fsp3) is 0.895. The Bertz CT molecular complexity index is 343. The smallest absolute Gasteiger partial charge is 0.0223 e. The molecule has 0 radical (unpaired) electrons. The molecule has 0 aromatic carbocycles. The molecule has 0 bridgehead atoms. The average molecular weight is 306 g/mol. The average Bonchev–Trinajstić information content (AvgIpc) is 2.53. The van der Waals surface area contributed by atoms with E-state index in [1.807, 2.05) is 0 Å². The Balaban J connectivity index is 1.71. The van der Waals surface area contributed by atoms with Crippen molar-refractivity contribution in [3.05, 3.63) is 12.2 Å². The molecule has 3 nitrogen and oxygen atoms in total. The molecule has 2 atom stereocenters. The third kappa shape index (κ3) is 3.93. The first-order chi connectivity index (χ1) is 10.6. The van der Waals surface area contributed by atoms with Gasteiger partial charge >= 0.3 is 0 Å². The number of nitrogens with two attached hydrogens (primary N) is 3. The monoisotopic (exact) mass is 305 g/mol. The van der Waals surface area contributed by atoms with Gasteiger partial charge in [-0.3, -0.25) is 0 Å². The van der Waals surface area contributed by atoms with E-state index in [-0.39, 0.29) is 6.04 Å². The number of rotatable bonds is 3. The molecule has 0 saturated heterocycles. The highest BCUT2D eigenvalue weighted by molar-refractivity contribution is 5.04. The van der Waals surface area contributed by atoms with E-state index in [4.69, 9.17) is 17.2 Å². The van der Waals surface area contributed by atoms with Crippen molar-refractivity contribution >= 4 is 0 Å². The number of allylic oxidation sites excluding steroid dienone is 1. The Kier molecular flexibility index (Phi) is 5.59. The van der Waals surface area contributed by atoms with Crippen molar-refractivity contribution in [2.24, 2.45) is 40.9 Å². The van der Waals surface area contributed by atoms with E-state index in [0.29, 0.717) is 12.1 Å². The summed E-state index contributed by atoms with van der Waals surface area (Å²) in [5.41, 5.74) is 18.4. The summed E-state index contributed by atoms with van der Waals surface area (Å²) >= 11 is 0. The fourth-order valence-corrected chi connectivity index (χ4v) is 5.33. The van der Waals surface area contributed by atoms with Crippen LogP contribution in [0.25, 0.3) is 0 Å². The van der Waals surface area contributed by atoms with E-state index in [9.17, 15) is 0 Å². The first-order valence-corrected chi connectivity index (χ1v) is 9.58. The standard InChI is InChI=1S/C19H35N3/c20-16-7-1-13(2-8-16)19(14-3-9-17(21)10-4-14)15-5-11-18(22)12-6-15/h1,7,13-19H,2-6,8-12,20-22H2. The summed E-state index contributed by atoms with van der Waals surface area (Å²) < 4.78 is 0. The molecule has 2 saturated carbocycles. The molecule has 0 heterocycles. The van der Waals surface area contributed by atoms with Gasteiger partial charge in [0.1, 0.15) is 0 Å². The van der Waals surface area contributed by atoms with Gasteiger partial charge in [0.05, 0.1) is 0 Å². The van der Waals surface area contributed by atoms with Gasteiger partial charge in [0.2, 0.25) is 0 Å². The third-order valence-corrected chi connectivity index (χ3v) is 6.65. The van der Waals surface area contributed by atoms with Crippen LogP contribution in [0.4, 0.5) is 0 Å². The van der Waals surface area contributed by atoms with Gasteiger partial charge in [-0.1, -0.05) is 12.2 Å². The zero-order valence-corrected chi connectivity index (χ0v) is 14.0. The molecule has 2 fully saturated rings. The van der Waals surface area contributed by atoms with Gasteiger partial charge in [0, 0.05) is 18.1 Å². The van der Waals surface area contributed by atoms with Crippen LogP contribution in [0.2, 0.25) is 0 Å². The van der Waals surface area contributed by atoms with E-state index in [1.54, 1.807) is 0 Å². The van der Waals surface area contributed by atoms with E-state index in [2.05, 4.69) is 12.2 Å². The Morgan fingerprint density at radius 2 is 1.09 bits per heavy atom. The van der Waals surface area contributed by atoms with Crippen LogP contribution in [0.15, 0.2) is 12.2 Å². The summed E-state index contributed by atoms with van der Waals surface area (Å²) in [6.07, 6.45) is 17.4. The quantitative estimate of drug-likeness (QED) is 0.702. The third-order valence-electron chi connectivity index (χ3n) is 6.65. The molecule has 3 aliphatic rings.